The summed E-state index contributed by atoms with van der Waals surface area (Å²) in [6, 6.07) is 0.681. The summed E-state index contributed by atoms with van der Waals surface area (Å²) in [6.45, 7) is 2.09. The van der Waals surface area contributed by atoms with E-state index < -0.39 is 0 Å². The second-order valence-electron chi connectivity index (χ2n) is 1.90. The number of nitrogens with zero attached hydrogens (tertiary/aromatic N) is 1. The largest absolute Gasteiger partial charge is 0.661 e. The summed E-state index contributed by atoms with van der Waals surface area (Å²) in [6.07, 6.45) is 1.23. The molecule has 0 spiro atoms. The summed E-state index contributed by atoms with van der Waals surface area (Å²) in [5.41, 5.74) is 0. The molecule has 1 radical (unpaired) electrons. The Kier molecular flexibility index (Phi) is 4.38. The molecule has 49 valence electrons. The maximum Gasteiger partial charge on any atom is 0 e. The minimum atomic E-state index is 0. The maximum atomic E-state index is 4.17. The molecule has 1 saturated heterocycles. The number of likely N-dealkylation sites (N-methyl/N-ethyl adjacent to an activating group) is 1. The SMILES string of the molecule is CNC1CC[N-]C1.[Am]. The normalized spacial score (nSPS) is 27.4. The standard InChI is InChI=1S/C5H11N2.Am/c1-6-5-2-3-7-4-5;/h5-6H,2-4H2,1H3;/q-1;. The first-order valence-corrected chi connectivity index (χ1v) is 2.74. The van der Waals surface area contributed by atoms with Gasteiger partial charge in [0, 0.05) is 14.3 Å². The average molecular weight is 342 g/mol. The van der Waals surface area contributed by atoms with Crippen LogP contribution in [0, 0.1) is 14.3 Å². The van der Waals surface area contributed by atoms with Crippen LogP contribution in [0.2, 0.25) is 0 Å². The van der Waals surface area contributed by atoms with E-state index in [4.69, 9.17) is 0 Å². The van der Waals surface area contributed by atoms with Crippen LogP contribution in [0.15, 0.2) is 0 Å². The topological polar surface area (TPSA) is 26.1 Å². The third-order valence-corrected chi connectivity index (χ3v) is 1.39. The van der Waals surface area contributed by atoms with Crippen LogP contribution in [0.1, 0.15) is 6.42 Å². The fourth-order valence-electron chi connectivity index (χ4n) is 0.821. The van der Waals surface area contributed by atoms with Crippen molar-refractivity contribution in [1.29, 1.82) is 0 Å². The van der Waals surface area contributed by atoms with Crippen LogP contribution in [-0.4, -0.2) is 26.2 Å². The van der Waals surface area contributed by atoms with Gasteiger partial charge in [0.05, 0.1) is 0 Å². The third kappa shape index (κ3) is 2.05. The molecule has 0 amide bonds. The summed E-state index contributed by atoms with van der Waals surface area (Å²) in [5, 5.41) is 7.34. The van der Waals surface area contributed by atoms with Crippen molar-refractivity contribution < 1.29 is 14.3 Å². The second-order valence-corrected chi connectivity index (χ2v) is 1.90. The Morgan fingerprint density at radius 2 is 2.38 bits per heavy atom. The Labute approximate surface area is 58.2 Å². The molecule has 0 aromatic heterocycles. The van der Waals surface area contributed by atoms with Crippen LogP contribution >= 0.6 is 0 Å². The molecule has 1 aliphatic rings. The summed E-state index contributed by atoms with van der Waals surface area (Å²) < 4.78 is 0. The van der Waals surface area contributed by atoms with Gasteiger partial charge in [-0.2, -0.15) is 0 Å². The fraction of sp³-hybridized carbons (Fsp3) is 1.00. The molecule has 3 heteroatoms. The number of nitrogens with one attached hydrogen (secondary N) is 1. The molecule has 1 heterocycles. The van der Waals surface area contributed by atoms with Crippen LogP contribution in [-0.2, 0) is 0 Å². The molecule has 1 rings (SSSR count). The summed E-state index contributed by atoms with van der Waals surface area (Å²) >= 11 is 0. The van der Waals surface area contributed by atoms with Crippen molar-refractivity contribution in [3.63, 3.8) is 0 Å². The van der Waals surface area contributed by atoms with Crippen molar-refractivity contribution >= 4 is 0 Å². The number of hydrogen-bond donors (Lipinski definition) is 1. The van der Waals surface area contributed by atoms with Crippen LogP contribution in [0.4, 0.5) is 0 Å². The van der Waals surface area contributed by atoms with E-state index in [0.29, 0.717) is 6.04 Å². The maximum absolute atomic E-state index is 4.17. The molecule has 0 aromatic rings. The van der Waals surface area contributed by atoms with Crippen LogP contribution in [0.5, 0.6) is 0 Å². The summed E-state index contributed by atoms with van der Waals surface area (Å²) in [4.78, 5) is 0. The first kappa shape index (κ1) is 8.31. The zero-order valence-corrected chi connectivity index (χ0v) is 8.17. The van der Waals surface area contributed by atoms with Gasteiger partial charge >= 0.3 is 0 Å². The van der Waals surface area contributed by atoms with Crippen molar-refractivity contribution in [3.05, 3.63) is 5.32 Å². The Morgan fingerprint density at radius 1 is 1.62 bits per heavy atom. The molecular weight excluding hydrogens is 331 g/mol. The van der Waals surface area contributed by atoms with Gasteiger partial charge in [0.25, 0.3) is 0 Å². The van der Waals surface area contributed by atoms with Gasteiger partial charge in [-0.3, -0.25) is 0 Å². The van der Waals surface area contributed by atoms with Gasteiger partial charge in [-0.1, -0.05) is 6.42 Å². The van der Waals surface area contributed by atoms with E-state index in [0.717, 1.165) is 13.1 Å². The Balaban J connectivity index is 0.000000490. The predicted molar refractivity (Wildman–Crippen MR) is 30.6 cm³/mol. The molecule has 0 aliphatic carbocycles. The van der Waals surface area contributed by atoms with Gasteiger partial charge in [0.15, 0.2) is 0 Å². The summed E-state index contributed by atoms with van der Waals surface area (Å²) in [7, 11) is 1.99. The van der Waals surface area contributed by atoms with Crippen molar-refractivity contribution in [2.24, 2.45) is 0 Å². The minimum Gasteiger partial charge on any atom is -0.661 e. The molecule has 0 saturated carbocycles. The fourth-order valence-corrected chi connectivity index (χ4v) is 0.821. The van der Waals surface area contributed by atoms with Crippen molar-refractivity contribution in [2.45, 2.75) is 12.5 Å². The average Bonchev–Trinajstić information content (AvgIpc) is 2.14. The van der Waals surface area contributed by atoms with Crippen molar-refractivity contribution in [1.82, 2.24) is 5.32 Å². The van der Waals surface area contributed by atoms with Gasteiger partial charge in [-0.15, -0.1) is 13.1 Å². The number of rotatable bonds is 1. The van der Waals surface area contributed by atoms with Crippen molar-refractivity contribution in [2.75, 3.05) is 20.1 Å². The molecule has 2 nitrogen and oxygen atoms in total. The summed E-state index contributed by atoms with van der Waals surface area (Å²) in [5.74, 6) is 0. The van der Waals surface area contributed by atoms with E-state index in [1.807, 2.05) is 7.05 Å². The van der Waals surface area contributed by atoms with Crippen molar-refractivity contribution in [3.8, 4) is 0 Å². The quantitative estimate of drug-likeness (QED) is 0.732. The molecule has 1 fully saturated rings. The van der Waals surface area contributed by atoms with Crippen LogP contribution in [0.25, 0.3) is 5.32 Å². The Morgan fingerprint density at radius 3 is 2.62 bits per heavy atom. The first-order chi connectivity index (χ1) is 3.43. The Bertz CT molecular complexity index is 52.4. The molecule has 1 aliphatic heterocycles. The minimum absolute atomic E-state index is 0. The van der Waals surface area contributed by atoms with Crippen LogP contribution in [0.3, 0.4) is 0 Å². The second kappa shape index (κ2) is 4.21. The zero-order chi connectivity index (χ0) is 5.11. The van der Waals surface area contributed by atoms with Gasteiger partial charge in [0.1, 0.15) is 0 Å². The van der Waals surface area contributed by atoms with E-state index in [2.05, 4.69) is 10.6 Å². The molecular formula is C5H11AmN2-. The van der Waals surface area contributed by atoms with Crippen LogP contribution < -0.4 is 5.32 Å². The van der Waals surface area contributed by atoms with E-state index >= 15 is 0 Å². The molecule has 0 bridgehead atoms. The van der Waals surface area contributed by atoms with Gasteiger partial charge < -0.3 is 10.6 Å². The smallest absolute Gasteiger partial charge is 0 e. The van der Waals surface area contributed by atoms with Gasteiger partial charge in [0.2, 0.25) is 0 Å². The third-order valence-electron chi connectivity index (χ3n) is 1.39. The predicted octanol–water partition coefficient (Wildman–Crippen LogP) is 0.352. The molecule has 1 N–H and O–H groups in total. The molecule has 0 aromatic carbocycles. The zero-order valence-electron chi connectivity index (χ0n) is 5.02. The molecule has 1 atom stereocenters. The molecule has 1 unspecified atom stereocenters. The van der Waals surface area contributed by atoms with Gasteiger partial charge in [-0.05, 0) is 13.1 Å². The number of hydrogen-bond acceptors (Lipinski definition) is 1. The van der Waals surface area contributed by atoms with E-state index in [9.17, 15) is 0 Å². The Hall–Kier alpha value is 0.310. The first-order valence-electron chi connectivity index (χ1n) is 2.74. The monoisotopic (exact) mass is 340 g/mol. The molecule has 8 heavy (non-hydrogen) atoms. The van der Waals surface area contributed by atoms with Gasteiger partial charge in [-0.25, -0.2) is 0 Å². The van der Waals surface area contributed by atoms with E-state index in [1.54, 1.807) is 0 Å². The van der Waals surface area contributed by atoms with E-state index in [-0.39, 0.29) is 14.3 Å². The van der Waals surface area contributed by atoms with E-state index in [1.165, 1.54) is 6.42 Å².